The summed E-state index contributed by atoms with van der Waals surface area (Å²) < 4.78 is 36.8. The molecule has 8 heteroatoms. The van der Waals surface area contributed by atoms with E-state index in [4.69, 9.17) is 4.74 Å². The summed E-state index contributed by atoms with van der Waals surface area (Å²) in [6.45, 7) is -0.827. The van der Waals surface area contributed by atoms with Crippen molar-refractivity contribution in [2.75, 3.05) is 18.5 Å². The fourth-order valence-electron chi connectivity index (χ4n) is 2.24. The Hall–Kier alpha value is -3.29. The van der Waals surface area contributed by atoms with Crippen LogP contribution in [-0.4, -0.2) is 30.9 Å². The second kappa shape index (κ2) is 6.68. The van der Waals surface area contributed by atoms with Gasteiger partial charge in [-0.25, -0.2) is 13.6 Å². The van der Waals surface area contributed by atoms with Gasteiger partial charge < -0.3 is 14.8 Å². The second-order valence-corrected chi connectivity index (χ2v) is 5.14. The molecule has 0 aromatic heterocycles. The Morgan fingerprint density at radius 3 is 2.60 bits per heavy atom. The third-order valence-corrected chi connectivity index (χ3v) is 3.44. The summed E-state index contributed by atoms with van der Waals surface area (Å²) >= 11 is 0. The zero-order valence-corrected chi connectivity index (χ0v) is 12.7. The maximum atomic E-state index is 13.5. The molecular weight excluding hydrogens is 336 g/mol. The van der Waals surface area contributed by atoms with Crippen LogP contribution in [0.2, 0.25) is 0 Å². The van der Waals surface area contributed by atoms with E-state index in [0.29, 0.717) is 11.4 Å². The molecule has 0 saturated heterocycles. The molecule has 0 fully saturated rings. The molecular formula is C17H11F2NO5. The number of halogens is 2. The van der Waals surface area contributed by atoms with Gasteiger partial charge in [0.15, 0.2) is 19.0 Å². The number of Topliss-reactive ketones (excluding diaryl/α,β-unsaturated/α-hetero) is 1. The Balaban J connectivity index is 1.70. The minimum atomic E-state index is -1.28. The van der Waals surface area contributed by atoms with E-state index >= 15 is 0 Å². The van der Waals surface area contributed by atoms with Crippen LogP contribution in [0, 0.1) is 11.6 Å². The van der Waals surface area contributed by atoms with Crippen molar-refractivity contribution in [1.82, 2.24) is 0 Å². The van der Waals surface area contributed by atoms with Gasteiger partial charge in [-0.05, 0) is 30.3 Å². The molecule has 0 unspecified atom stereocenters. The molecule has 128 valence electrons. The van der Waals surface area contributed by atoms with Crippen LogP contribution in [0.3, 0.4) is 0 Å². The van der Waals surface area contributed by atoms with Crippen molar-refractivity contribution in [3.05, 3.63) is 59.2 Å². The number of nitrogens with one attached hydrogen (secondary N) is 1. The van der Waals surface area contributed by atoms with E-state index in [1.807, 2.05) is 0 Å². The van der Waals surface area contributed by atoms with Crippen molar-refractivity contribution in [3.8, 4) is 5.75 Å². The van der Waals surface area contributed by atoms with Crippen molar-refractivity contribution < 1.29 is 32.6 Å². The number of ketones is 1. The lowest BCUT2D eigenvalue weighted by Gasteiger charge is -2.18. The number of ether oxygens (including phenoxy) is 2. The predicted octanol–water partition coefficient (Wildman–Crippen LogP) is 2.34. The maximum absolute atomic E-state index is 13.5. The molecule has 0 atom stereocenters. The smallest absolute Gasteiger partial charge is 0.344 e. The van der Waals surface area contributed by atoms with Gasteiger partial charge in [0.2, 0.25) is 0 Å². The Morgan fingerprint density at radius 1 is 1.16 bits per heavy atom. The average molecular weight is 347 g/mol. The lowest BCUT2D eigenvalue weighted by molar-refractivity contribution is -0.118. The quantitative estimate of drug-likeness (QED) is 0.678. The third kappa shape index (κ3) is 3.47. The highest BCUT2D eigenvalue weighted by atomic mass is 19.1. The first-order valence-corrected chi connectivity index (χ1v) is 7.17. The van der Waals surface area contributed by atoms with Crippen molar-refractivity contribution in [2.24, 2.45) is 0 Å². The van der Waals surface area contributed by atoms with Crippen LogP contribution < -0.4 is 10.1 Å². The van der Waals surface area contributed by atoms with Crippen LogP contribution in [0.25, 0.3) is 0 Å². The first-order valence-electron chi connectivity index (χ1n) is 7.17. The highest BCUT2D eigenvalue weighted by molar-refractivity contribution is 6.02. The largest absolute Gasteiger partial charge is 0.482 e. The Kier molecular flexibility index (Phi) is 4.42. The summed E-state index contributed by atoms with van der Waals surface area (Å²) in [6, 6.07) is 7.21. The number of amides is 1. The van der Waals surface area contributed by atoms with Gasteiger partial charge in [0.1, 0.15) is 22.9 Å². The van der Waals surface area contributed by atoms with Crippen molar-refractivity contribution in [3.63, 3.8) is 0 Å². The van der Waals surface area contributed by atoms with Crippen molar-refractivity contribution >= 4 is 23.3 Å². The molecule has 0 radical (unpaired) electrons. The van der Waals surface area contributed by atoms with E-state index in [2.05, 4.69) is 10.1 Å². The average Bonchev–Trinajstić information content (AvgIpc) is 2.58. The van der Waals surface area contributed by atoms with E-state index in [-0.39, 0.29) is 18.1 Å². The minimum absolute atomic E-state index is 0.119. The molecule has 1 amide bonds. The summed E-state index contributed by atoms with van der Waals surface area (Å²) in [7, 11) is 0. The van der Waals surface area contributed by atoms with E-state index in [1.165, 1.54) is 18.2 Å². The van der Waals surface area contributed by atoms with Crippen LogP contribution in [0.1, 0.15) is 20.7 Å². The molecule has 2 aromatic carbocycles. The number of carbonyl (C=O) groups is 3. The monoisotopic (exact) mass is 347 g/mol. The van der Waals surface area contributed by atoms with Crippen LogP contribution in [-0.2, 0) is 9.53 Å². The highest BCUT2D eigenvalue weighted by Crippen LogP contribution is 2.28. The Morgan fingerprint density at radius 2 is 1.88 bits per heavy atom. The van der Waals surface area contributed by atoms with Crippen LogP contribution in [0.4, 0.5) is 14.5 Å². The van der Waals surface area contributed by atoms with E-state index in [1.54, 1.807) is 0 Å². The molecule has 0 aliphatic carbocycles. The number of benzene rings is 2. The molecule has 2 aromatic rings. The van der Waals surface area contributed by atoms with Crippen LogP contribution >= 0.6 is 0 Å². The summed E-state index contributed by atoms with van der Waals surface area (Å²) in [6.07, 6.45) is 0. The first-order chi connectivity index (χ1) is 12.0. The van der Waals surface area contributed by atoms with Gasteiger partial charge in [-0.3, -0.25) is 9.59 Å². The van der Waals surface area contributed by atoms with Crippen molar-refractivity contribution in [2.45, 2.75) is 0 Å². The Labute approximate surface area is 140 Å². The summed E-state index contributed by atoms with van der Waals surface area (Å²) in [5.41, 5.74) is -0.402. The molecule has 0 spiro atoms. The fourth-order valence-corrected chi connectivity index (χ4v) is 2.24. The fraction of sp³-hybridized carbons (Fsp3) is 0.118. The number of hydrogen-bond acceptors (Lipinski definition) is 5. The SMILES string of the molecule is O=C1COc2ccc(C(=O)COC(=O)c3c(F)cccc3F)cc2N1. The zero-order chi connectivity index (χ0) is 18.0. The normalized spacial score (nSPS) is 12.6. The number of carbonyl (C=O) groups excluding carboxylic acids is 3. The van der Waals surface area contributed by atoms with Gasteiger partial charge in [-0.15, -0.1) is 0 Å². The van der Waals surface area contributed by atoms with Crippen molar-refractivity contribution in [1.29, 1.82) is 0 Å². The molecule has 0 bridgehead atoms. The molecule has 1 aliphatic rings. The van der Waals surface area contributed by atoms with Gasteiger partial charge >= 0.3 is 5.97 Å². The van der Waals surface area contributed by atoms with Gasteiger partial charge in [0.05, 0.1) is 5.69 Å². The van der Waals surface area contributed by atoms with Gasteiger partial charge in [0, 0.05) is 5.56 Å². The van der Waals surface area contributed by atoms with E-state index in [9.17, 15) is 23.2 Å². The number of anilines is 1. The molecule has 25 heavy (non-hydrogen) atoms. The highest BCUT2D eigenvalue weighted by Gasteiger charge is 2.21. The number of fused-ring (bicyclic) bond motifs is 1. The summed E-state index contributed by atoms with van der Waals surface area (Å²) in [5, 5.41) is 2.54. The molecule has 0 saturated carbocycles. The van der Waals surface area contributed by atoms with Crippen LogP contribution in [0.5, 0.6) is 5.75 Å². The van der Waals surface area contributed by atoms with Gasteiger partial charge in [-0.2, -0.15) is 0 Å². The molecule has 1 aliphatic heterocycles. The minimum Gasteiger partial charge on any atom is -0.482 e. The van der Waals surface area contributed by atoms with Crippen LogP contribution in [0.15, 0.2) is 36.4 Å². The standard InChI is InChI=1S/C17H11F2NO5/c18-10-2-1-3-11(19)16(10)17(23)25-7-13(21)9-4-5-14-12(6-9)20-15(22)8-24-14/h1-6H,7-8H2,(H,20,22). The lowest BCUT2D eigenvalue weighted by atomic mass is 10.1. The van der Waals surface area contributed by atoms with E-state index in [0.717, 1.165) is 18.2 Å². The molecule has 1 N–H and O–H groups in total. The third-order valence-electron chi connectivity index (χ3n) is 3.44. The number of esters is 1. The predicted molar refractivity (Wildman–Crippen MR) is 81.5 cm³/mol. The number of hydrogen-bond donors (Lipinski definition) is 1. The summed E-state index contributed by atoms with van der Waals surface area (Å²) in [5.74, 6) is -4.00. The molecule has 1 heterocycles. The summed E-state index contributed by atoms with van der Waals surface area (Å²) in [4.78, 5) is 35.1. The second-order valence-electron chi connectivity index (χ2n) is 5.14. The zero-order valence-electron chi connectivity index (χ0n) is 12.7. The topological polar surface area (TPSA) is 81.7 Å². The van der Waals surface area contributed by atoms with Gasteiger partial charge in [0.25, 0.3) is 5.91 Å². The lowest BCUT2D eigenvalue weighted by Crippen LogP contribution is -2.25. The van der Waals surface area contributed by atoms with E-state index < -0.39 is 35.6 Å². The molecule has 3 rings (SSSR count). The van der Waals surface area contributed by atoms with Gasteiger partial charge in [-0.1, -0.05) is 6.07 Å². The number of rotatable bonds is 4. The first kappa shape index (κ1) is 16.6. The molecule has 6 nitrogen and oxygen atoms in total. The maximum Gasteiger partial charge on any atom is 0.344 e. The Bertz CT molecular complexity index is 861.